The number of rotatable bonds is 2. The van der Waals surface area contributed by atoms with Gasteiger partial charge in [0.05, 0.1) is 0 Å². The number of nitrogens with zero attached hydrogens (tertiary/aromatic N) is 1. The van der Waals surface area contributed by atoms with Crippen LogP contribution >= 0.6 is 0 Å². The second-order valence-electron chi connectivity index (χ2n) is 4.26. The zero-order chi connectivity index (χ0) is 10.7. The van der Waals surface area contributed by atoms with Crippen molar-refractivity contribution in [2.75, 3.05) is 19.6 Å². The summed E-state index contributed by atoms with van der Waals surface area (Å²) < 4.78 is 0. The Morgan fingerprint density at radius 3 is 2.80 bits per heavy atom. The lowest BCUT2D eigenvalue weighted by Crippen LogP contribution is -2.48. The van der Waals surface area contributed by atoms with Gasteiger partial charge in [0.15, 0.2) is 0 Å². The lowest BCUT2D eigenvalue weighted by Gasteiger charge is -2.31. The van der Waals surface area contributed by atoms with Gasteiger partial charge in [-0.25, -0.2) is 0 Å². The van der Waals surface area contributed by atoms with Crippen molar-refractivity contribution in [3.05, 3.63) is 29.8 Å². The lowest BCUT2D eigenvalue weighted by atomic mass is 10.1. The zero-order valence-electron chi connectivity index (χ0n) is 9.11. The van der Waals surface area contributed by atoms with Crippen LogP contribution in [0.5, 0.6) is 5.75 Å². The maximum Gasteiger partial charge on any atom is 0.115 e. The van der Waals surface area contributed by atoms with E-state index < -0.39 is 0 Å². The molecule has 1 aromatic rings. The van der Waals surface area contributed by atoms with E-state index in [9.17, 15) is 5.11 Å². The van der Waals surface area contributed by atoms with Gasteiger partial charge < -0.3 is 10.4 Å². The average Bonchev–Trinajstić information content (AvgIpc) is 2.22. The van der Waals surface area contributed by atoms with Crippen LogP contribution in [0.4, 0.5) is 0 Å². The highest BCUT2D eigenvalue weighted by Gasteiger charge is 2.15. The second kappa shape index (κ2) is 4.64. The highest BCUT2D eigenvalue weighted by atomic mass is 16.3. The highest BCUT2D eigenvalue weighted by Crippen LogP contribution is 2.12. The van der Waals surface area contributed by atoms with Crippen molar-refractivity contribution in [3.8, 4) is 5.75 Å². The van der Waals surface area contributed by atoms with E-state index in [1.165, 1.54) is 5.56 Å². The molecule has 3 nitrogen and oxygen atoms in total. The summed E-state index contributed by atoms with van der Waals surface area (Å²) in [5.41, 5.74) is 1.27. The minimum Gasteiger partial charge on any atom is -0.508 e. The average molecular weight is 206 g/mol. The third kappa shape index (κ3) is 2.94. The van der Waals surface area contributed by atoms with Crippen molar-refractivity contribution in [3.63, 3.8) is 0 Å². The number of hydrogen-bond donors (Lipinski definition) is 2. The number of aromatic hydroxyl groups is 1. The van der Waals surface area contributed by atoms with Gasteiger partial charge in [-0.1, -0.05) is 12.1 Å². The minimum atomic E-state index is 0.340. The lowest BCUT2D eigenvalue weighted by molar-refractivity contribution is 0.199. The van der Waals surface area contributed by atoms with Gasteiger partial charge in [-0.2, -0.15) is 0 Å². The molecule has 1 saturated heterocycles. The van der Waals surface area contributed by atoms with Crippen LogP contribution in [0, 0.1) is 0 Å². The topological polar surface area (TPSA) is 35.5 Å². The molecular weight excluding hydrogens is 188 g/mol. The van der Waals surface area contributed by atoms with Gasteiger partial charge in [-0.3, -0.25) is 4.90 Å². The van der Waals surface area contributed by atoms with Crippen LogP contribution in [-0.2, 0) is 6.54 Å². The Bertz CT molecular complexity index is 310. The fourth-order valence-electron chi connectivity index (χ4n) is 2.02. The van der Waals surface area contributed by atoms with E-state index in [0.717, 1.165) is 26.2 Å². The smallest absolute Gasteiger partial charge is 0.115 e. The monoisotopic (exact) mass is 206 g/mol. The molecule has 2 rings (SSSR count). The molecule has 1 aliphatic rings. The van der Waals surface area contributed by atoms with Crippen LogP contribution in [-0.4, -0.2) is 35.7 Å². The van der Waals surface area contributed by atoms with Crippen molar-refractivity contribution >= 4 is 0 Å². The van der Waals surface area contributed by atoms with Crippen molar-refractivity contribution in [1.29, 1.82) is 0 Å². The van der Waals surface area contributed by atoms with Crippen LogP contribution in [0.2, 0.25) is 0 Å². The molecular formula is C12H18N2O. The van der Waals surface area contributed by atoms with Gasteiger partial charge in [0, 0.05) is 32.2 Å². The molecule has 1 aliphatic heterocycles. The van der Waals surface area contributed by atoms with Gasteiger partial charge in [0.25, 0.3) is 0 Å². The molecule has 0 aliphatic carbocycles. The first-order valence-corrected chi connectivity index (χ1v) is 5.48. The molecule has 1 atom stereocenters. The quantitative estimate of drug-likeness (QED) is 0.763. The Morgan fingerprint density at radius 2 is 2.13 bits per heavy atom. The molecule has 0 bridgehead atoms. The molecule has 3 heteroatoms. The Labute approximate surface area is 90.7 Å². The standard InChI is InChI=1S/C12H18N2O/c1-10-8-14(7-6-13-10)9-11-2-4-12(15)5-3-11/h2-5,10,13,15H,6-9H2,1H3. The molecule has 0 amide bonds. The first-order chi connectivity index (χ1) is 7.24. The zero-order valence-corrected chi connectivity index (χ0v) is 9.11. The third-order valence-corrected chi connectivity index (χ3v) is 2.80. The molecule has 1 unspecified atom stereocenters. The molecule has 1 fully saturated rings. The Hall–Kier alpha value is -1.06. The Morgan fingerprint density at radius 1 is 1.40 bits per heavy atom. The largest absolute Gasteiger partial charge is 0.508 e. The predicted molar refractivity (Wildman–Crippen MR) is 60.8 cm³/mol. The first-order valence-electron chi connectivity index (χ1n) is 5.48. The third-order valence-electron chi connectivity index (χ3n) is 2.80. The maximum absolute atomic E-state index is 9.18. The summed E-state index contributed by atoms with van der Waals surface area (Å²) in [5, 5.41) is 12.6. The summed E-state index contributed by atoms with van der Waals surface area (Å²) in [6.45, 7) is 6.46. The summed E-state index contributed by atoms with van der Waals surface area (Å²) in [7, 11) is 0. The number of nitrogens with one attached hydrogen (secondary N) is 1. The molecule has 1 aromatic carbocycles. The summed E-state index contributed by atoms with van der Waals surface area (Å²) in [5.74, 6) is 0.340. The van der Waals surface area contributed by atoms with E-state index in [2.05, 4.69) is 17.1 Å². The summed E-state index contributed by atoms with van der Waals surface area (Å²) in [4.78, 5) is 2.44. The van der Waals surface area contributed by atoms with Gasteiger partial charge in [0.2, 0.25) is 0 Å². The number of benzene rings is 1. The van der Waals surface area contributed by atoms with E-state index in [4.69, 9.17) is 0 Å². The van der Waals surface area contributed by atoms with E-state index in [-0.39, 0.29) is 0 Å². The number of piperazine rings is 1. The van der Waals surface area contributed by atoms with Crippen molar-refractivity contribution in [2.45, 2.75) is 19.5 Å². The number of phenolic OH excluding ortho intramolecular Hbond substituents is 1. The number of phenols is 1. The molecule has 0 aromatic heterocycles. The maximum atomic E-state index is 9.18. The van der Waals surface area contributed by atoms with Crippen LogP contribution in [0.25, 0.3) is 0 Å². The highest BCUT2D eigenvalue weighted by molar-refractivity contribution is 5.25. The molecule has 15 heavy (non-hydrogen) atoms. The summed E-state index contributed by atoms with van der Waals surface area (Å²) >= 11 is 0. The van der Waals surface area contributed by atoms with Crippen LogP contribution in [0.1, 0.15) is 12.5 Å². The SMILES string of the molecule is CC1CN(Cc2ccc(O)cc2)CCN1. The molecule has 1 heterocycles. The van der Waals surface area contributed by atoms with Gasteiger partial charge in [0.1, 0.15) is 5.75 Å². The molecule has 82 valence electrons. The van der Waals surface area contributed by atoms with Crippen LogP contribution in [0.15, 0.2) is 24.3 Å². The van der Waals surface area contributed by atoms with Crippen LogP contribution in [0.3, 0.4) is 0 Å². The van der Waals surface area contributed by atoms with Crippen molar-refractivity contribution in [2.24, 2.45) is 0 Å². The summed E-state index contributed by atoms with van der Waals surface area (Å²) in [6.07, 6.45) is 0. The van der Waals surface area contributed by atoms with Crippen molar-refractivity contribution in [1.82, 2.24) is 10.2 Å². The Balaban J connectivity index is 1.93. The molecule has 2 N–H and O–H groups in total. The van der Waals surface area contributed by atoms with Crippen molar-refractivity contribution < 1.29 is 5.11 Å². The fourth-order valence-corrected chi connectivity index (χ4v) is 2.02. The first kappa shape index (κ1) is 10.5. The molecule has 0 saturated carbocycles. The Kier molecular flexibility index (Phi) is 3.23. The molecule has 0 spiro atoms. The fraction of sp³-hybridized carbons (Fsp3) is 0.500. The van der Waals surface area contributed by atoms with E-state index in [1.807, 2.05) is 12.1 Å². The number of hydrogen-bond acceptors (Lipinski definition) is 3. The van der Waals surface area contributed by atoms with Gasteiger partial charge in [-0.05, 0) is 24.6 Å². The van der Waals surface area contributed by atoms with E-state index in [1.54, 1.807) is 12.1 Å². The molecule has 0 radical (unpaired) electrons. The van der Waals surface area contributed by atoms with E-state index in [0.29, 0.717) is 11.8 Å². The van der Waals surface area contributed by atoms with Gasteiger partial charge in [-0.15, -0.1) is 0 Å². The van der Waals surface area contributed by atoms with E-state index >= 15 is 0 Å². The normalized spacial score (nSPS) is 22.9. The van der Waals surface area contributed by atoms with Crippen LogP contribution < -0.4 is 5.32 Å². The summed E-state index contributed by atoms with van der Waals surface area (Å²) in [6, 6.07) is 8.06. The second-order valence-corrected chi connectivity index (χ2v) is 4.26. The predicted octanol–water partition coefficient (Wildman–Crippen LogP) is 1.19. The van der Waals surface area contributed by atoms with Gasteiger partial charge >= 0.3 is 0 Å². The minimum absolute atomic E-state index is 0.340.